The van der Waals surface area contributed by atoms with Crippen molar-refractivity contribution in [1.82, 2.24) is 0 Å². The van der Waals surface area contributed by atoms with Crippen LogP contribution in [-0.2, 0) is 4.79 Å². The van der Waals surface area contributed by atoms with Gasteiger partial charge in [-0.2, -0.15) is 0 Å². The first kappa shape index (κ1) is 22.1. The summed E-state index contributed by atoms with van der Waals surface area (Å²) < 4.78 is 0. The molecular weight excluding hydrogens is 292 g/mol. The van der Waals surface area contributed by atoms with Crippen LogP contribution in [0.5, 0.6) is 0 Å². The maximum atomic E-state index is 10.4. The molecule has 0 amide bonds. The van der Waals surface area contributed by atoms with E-state index in [4.69, 9.17) is 5.11 Å². The minimum atomic E-state index is -0.696. The molecule has 0 bridgehead atoms. The zero-order valence-electron chi connectivity index (χ0n) is 14.8. The molecule has 0 aromatic heterocycles. The molecule has 23 heavy (non-hydrogen) atoms. The standard InChI is InChI=1S/C19H36O4/c1-2-3-12-17(20)15-16-18(21)13-10-8-6-4-5-7-9-11-14-19(22)23/h2-3,17-18,20-21H,4-16H2,1H3,(H,22,23). The van der Waals surface area contributed by atoms with Crippen LogP contribution in [-0.4, -0.2) is 33.5 Å². The minimum absolute atomic E-state index is 0.286. The van der Waals surface area contributed by atoms with E-state index in [0.29, 0.717) is 25.7 Å². The fourth-order valence-corrected chi connectivity index (χ4v) is 2.66. The van der Waals surface area contributed by atoms with Crippen molar-refractivity contribution in [3.05, 3.63) is 12.2 Å². The summed E-state index contributed by atoms with van der Waals surface area (Å²) in [6, 6.07) is 0. The summed E-state index contributed by atoms with van der Waals surface area (Å²) in [5.41, 5.74) is 0. The van der Waals surface area contributed by atoms with Crippen molar-refractivity contribution in [3.63, 3.8) is 0 Å². The highest BCUT2D eigenvalue weighted by Crippen LogP contribution is 2.14. The topological polar surface area (TPSA) is 77.8 Å². The van der Waals surface area contributed by atoms with Gasteiger partial charge >= 0.3 is 5.97 Å². The van der Waals surface area contributed by atoms with E-state index < -0.39 is 5.97 Å². The maximum absolute atomic E-state index is 10.4. The third kappa shape index (κ3) is 17.3. The summed E-state index contributed by atoms with van der Waals surface area (Å²) in [6.07, 6.45) is 15.1. The van der Waals surface area contributed by atoms with Gasteiger partial charge in [0.15, 0.2) is 0 Å². The van der Waals surface area contributed by atoms with Gasteiger partial charge in [-0.15, -0.1) is 0 Å². The van der Waals surface area contributed by atoms with Crippen LogP contribution in [0, 0.1) is 0 Å². The van der Waals surface area contributed by atoms with Gasteiger partial charge in [-0.3, -0.25) is 4.79 Å². The van der Waals surface area contributed by atoms with Crippen LogP contribution in [0.25, 0.3) is 0 Å². The Morgan fingerprint density at radius 3 is 1.91 bits per heavy atom. The van der Waals surface area contributed by atoms with Crippen LogP contribution in [0.1, 0.15) is 90.4 Å². The molecule has 3 N–H and O–H groups in total. The monoisotopic (exact) mass is 328 g/mol. The van der Waals surface area contributed by atoms with Crippen molar-refractivity contribution in [2.45, 2.75) is 103 Å². The van der Waals surface area contributed by atoms with Gasteiger partial charge in [0.25, 0.3) is 0 Å². The molecular formula is C19H36O4. The molecule has 0 saturated heterocycles. The van der Waals surface area contributed by atoms with Crippen LogP contribution in [0.2, 0.25) is 0 Å². The van der Waals surface area contributed by atoms with Crippen LogP contribution >= 0.6 is 0 Å². The van der Waals surface area contributed by atoms with Gasteiger partial charge in [-0.1, -0.05) is 57.1 Å². The maximum Gasteiger partial charge on any atom is 0.303 e. The van der Waals surface area contributed by atoms with E-state index in [0.717, 1.165) is 38.5 Å². The highest BCUT2D eigenvalue weighted by molar-refractivity contribution is 5.66. The van der Waals surface area contributed by atoms with Gasteiger partial charge in [0, 0.05) is 6.42 Å². The van der Waals surface area contributed by atoms with E-state index in [1.807, 2.05) is 19.1 Å². The van der Waals surface area contributed by atoms with E-state index >= 15 is 0 Å². The number of hydrogen-bond donors (Lipinski definition) is 3. The number of aliphatic hydroxyl groups is 2. The zero-order valence-corrected chi connectivity index (χ0v) is 14.8. The number of carboxylic acids is 1. The molecule has 0 aliphatic rings. The third-order valence-electron chi connectivity index (χ3n) is 4.15. The molecule has 0 rings (SSSR count). The van der Waals surface area contributed by atoms with Crippen LogP contribution in [0.4, 0.5) is 0 Å². The zero-order chi connectivity index (χ0) is 17.3. The molecule has 4 nitrogen and oxygen atoms in total. The second kappa shape index (κ2) is 16.0. The summed E-state index contributed by atoms with van der Waals surface area (Å²) in [5, 5.41) is 28.1. The molecule has 2 unspecified atom stereocenters. The van der Waals surface area contributed by atoms with Crippen LogP contribution < -0.4 is 0 Å². The van der Waals surface area contributed by atoms with Gasteiger partial charge in [0.05, 0.1) is 12.2 Å². The summed E-state index contributed by atoms with van der Waals surface area (Å²) >= 11 is 0. The number of carbonyl (C=O) groups is 1. The molecule has 0 aliphatic carbocycles. The molecule has 0 aliphatic heterocycles. The normalized spacial score (nSPS) is 14.2. The number of aliphatic carboxylic acids is 1. The lowest BCUT2D eigenvalue weighted by Crippen LogP contribution is -2.12. The molecule has 4 heteroatoms. The molecule has 136 valence electrons. The van der Waals surface area contributed by atoms with Gasteiger partial charge in [-0.05, 0) is 39.0 Å². The lowest BCUT2D eigenvalue weighted by atomic mass is 10.0. The van der Waals surface area contributed by atoms with Gasteiger partial charge < -0.3 is 15.3 Å². The number of rotatable bonds is 16. The predicted molar refractivity (Wildman–Crippen MR) is 94.5 cm³/mol. The number of hydrogen-bond acceptors (Lipinski definition) is 3. The SMILES string of the molecule is CC=CCC(O)CCC(O)CCCCCCCCCCC(=O)O. The van der Waals surface area contributed by atoms with Crippen LogP contribution in [0.3, 0.4) is 0 Å². The molecule has 0 heterocycles. The molecule has 0 aromatic carbocycles. The van der Waals surface area contributed by atoms with E-state index in [-0.39, 0.29) is 12.2 Å². The second-order valence-corrected chi connectivity index (χ2v) is 6.45. The predicted octanol–water partition coefficient (Wildman–Crippen LogP) is 4.44. The van der Waals surface area contributed by atoms with E-state index in [1.165, 1.54) is 19.3 Å². The number of aliphatic hydroxyl groups excluding tert-OH is 2. The first-order chi connectivity index (χ1) is 11.1. The van der Waals surface area contributed by atoms with Crippen molar-refractivity contribution in [1.29, 1.82) is 0 Å². The van der Waals surface area contributed by atoms with Crippen molar-refractivity contribution in [2.75, 3.05) is 0 Å². The lowest BCUT2D eigenvalue weighted by molar-refractivity contribution is -0.137. The Morgan fingerprint density at radius 2 is 1.35 bits per heavy atom. The van der Waals surface area contributed by atoms with Crippen molar-refractivity contribution in [3.8, 4) is 0 Å². The van der Waals surface area contributed by atoms with Crippen molar-refractivity contribution < 1.29 is 20.1 Å². The Bertz CT molecular complexity index is 302. The molecule has 0 aromatic rings. The summed E-state index contributed by atoms with van der Waals surface area (Å²) in [6.45, 7) is 1.94. The number of carboxylic acid groups (broad SMARTS) is 1. The average molecular weight is 328 g/mol. The summed E-state index contributed by atoms with van der Waals surface area (Å²) in [5.74, 6) is -0.696. The Balaban J connectivity index is 3.29. The minimum Gasteiger partial charge on any atom is -0.481 e. The first-order valence-corrected chi connectivity index (χ1v) is 9.25. The molecule has 0 spiro atoms. The van der Waals surface area contributed by atoms with Crippen molar-refractivity contribution >= 4 is 5.97 Å². The average Bonchev–Trinajstić information content (AvgIpc) is 2.52. The van der Waals surface area contributed by atoms with Crippen LogP contribution in [0.15, 0.2) is 12.2 Å². The smallest absolute Gasteiger partial charge is 0.303 e. The number of unbranched alkanes of at least 4 members (excludes halogenated alkanes) is 7. The van der Waals surface area contributed by atoms with E-state index in [1.54, 1.807) is 0 Å². The first-order valence-electron chi connectivity index (χ1n) is 9.25. The van der Waals surface area contributed by atoms with Gasteiger partial charge in [0.2, 0.25) is 0 Å². The molecule has 0 radical (unpaired) electrons. The molecule has 2 atom stereocenters. The van der Waals surface area contributed by atoms with Gasteiger partial charge in [-0.25, -0.2) is 0 Å². The highest BCUT2D eigenvalue weighted by atomic mass is 16.4. The van der Waals surface area contributed by atoms with Crippen molar-refractivity contribution in [2.24, 2.45) is 0 Å². The Labute approximate surface area is 141 Å². The second-order valence-electron chi connectivity index (χ2n) is 6.45. The Kier molecular flexibility index (Phi) is 15.4. The molecule has 0 saturated carbocycles. The fourth-order valence-electron chi connectivity index (χ4n) is 2.66. The summed E-state index contributed by atoms with van der Waals surface area (Å²) in [4.78, 5) is 10.4. The summed E-state index contributed by atoms with van der Waals surface area (Å²) in [7, 11) is 0. The fraction of sp³-hybridized carbons (Fsp3) is 0.842. The highest BCUT2D eigenvalue weighted by Gasteiger charge is 2.08. The Hall–Kier alpha value is -0.870. The van der Waals surface area contributed by atoms with E-state index in [2.05, 4.69) is 0 Å². The Morgan fingerprint density at radius 1 is 0.826 bits per heavy atom. The largest absolute Gasteiger partial charge is 0.481 e. The molecule has 0 fully saturated rings. The quantitative estimate of drug-likeness (QED) is 0.289. The third-order valence-corrected chi connectivity index (χ3v) is 4.15. The lowest BCUT2D eigenvalue weighted by Gasteiger charge is -2.13. The number of allylic oxidation sites excluding steroid dienone is 1. The van der Waals surface area contributed by atoms with Gasteiger partial charge in [0.1, 0.15) is 0 Å². The van der Waals surface area contributed by atoms with E-state index in [9.17, 15) is 15.0 Å².